The summed E-state index contributed by atoms with van der Waals surface area (Å²) in [6, 6.07) is 7.87. The Bertz CT molecular complexity index is 992. The number of anilines is 1. The summed E-state index contributed by atoms with van der Waals surface area (Å²) < 4.78 is 5.90. The van der Waals surface area contributed by atoms with Crippen molar-refractivity contribution >= 4 is 35.1 Å². The highest BCUT2D eigenvalue weighted by Crippen LogP contribution is 2.52. The molecule has 7 nitrogen and oxygen atoms in total. The van der Waals surface area contributed by atoms with Crippen molar-refractivity contribution in [3.8, 4) is 0 Å². The van der Waals surface area contributed by atoms with Crippen LogP contribution in [0.3, 0.4) is 0 Å². The predicted octanol–water partition coefficient (Wildman–Crippen LogP) is 3.76. The number of esters is 1. The van der Waals surface area contributed by atoms with Crippen LogP contribution in [0.4, 0.5) is 5.69 Å². The van der Waals surface area contributed by atoms with E-state index in [1.54, 1.807) is 0 Å². The smallest absolute Gasteiger partial charge is 0.306 e. The third kappa shape index (κ3) is 5.18. The topological polar surface area (TPSA) is 70.2 Å². The minimum Gasteiger partial charge on any atom is -0.459 e. The number of allylic oxidation sites excluding steroid dienone is 2. The van der Waals surface area contributed by atoms with Gasteiger partial charge in [-0.15, -0.1) is 0 Å². The lowest BCUT2D eigenvalue weighted by Gasteiger charge is -2.38. The normalized spacial score (nSPS) is 28.2. The lowest BCUT2D eigenvalue weighted by Crippen LogP contribution is -2.51. The Morgan fingerprint density at radius 3 is 2.36 bits per heavy atom. The van der Waals surface area contributed by atoms with Crippen molar-refractivity contribution in [3.05, 3.63) is 41.4 Å². The fraction of sp³-hybridized carbons (Fsp3) is 0.607. The number of unbranched alkanes of at least 4 members (excludes halogenated alkanes) is 2. The second kappa shape index (κ2) is 10.9. The lowest BCUT2D eigenvalue weighted by atomic mass is 9.85. The molecule has 194 valence electrons. The van der Waals surface area contributed by atoms with E-state index in [4.69, 9.17) is 16.3 Å². The zero-order valence-corrected chi connectivity index (χ0v) is 21.7. The van der Waals surface area contributed by atoms with Crippen molar-refractivity contribution in [2.75, 3.05) is 44.2 Å². The highest BCUT2D eigenvalue weighted by atomic mass is 35.5. The fourth-order valence-corrected chi connectivity index (χ4v) is 6.58. The average molecular weight is 514 g/mol. The maximum atomic E-state index is 13.2. The van der Waals surface area contributed by atoms with Gasteiger partial charge in [0.25, 0.3) is 0 Å². The summed E-state index contributed by atoms with van der Waals surface area (Å²) in [5, 5.41) is 0.721. The molecule has 3 unspecified atom stereocenters. The Balaban J connectivity index is 1.22. The summed E-state index contributed by atoms with van der Waals surface area (Å²) >= 11 is 6.17. The molecule has 36 heavy (non-hydrogen) atoms. The van der Waals surface area contributed by atoms with Crippen LogP contribution in [-0.4, -0.2) is 73.0 Å². The van der Waals surface area contributed by atoms with Crippen LogP contribution < -0.4 is 4.90 Å². The summed E-state index contributed by atoms with van der Waals surface area (Å²) in [6.07, 6.45) is 7.77. The van der Waals surface area contributed by atoms with E-state index in [-0.39, 0.29) is 48.0 Å². The van der Waals surface area contributed by atoms with Crippen molar-refractivity contribution in [1.82, 2.24) is 9.80 Å². The molecule has 2 aliphatic heterocycles. The van der Waals surface area contributed by atoms with Gasteiger partial charge in [-0.1, -0.05) is 49.6 Å². The molecule has 5 atom stereocenters. The zero-order valence-electron chi connectivity index (χ0n) is 21.0. The third-order valence-corrected chi connectivity index (χ3v) is 8.47. The maximum absolute atomic E-state index is 13.2. The van der Waals surface area contributed by atoms with Gasteiger partial charge in [0, 0.05) is 49.9 Å². The molecule has 8 heteroatoms. The SMILES string of the molecule is CCCCCC(=O)OC(CN1CCN(c2cccc(Cl)c2)CC1)CN1C(=O)C2C3C=C[C@@H](C3)[C@@H]2C1=O. The van der Waals surface area contributed by atoms with Crippen LogP contribution in [-0.2, 0) is 19.1 Å². The van der Waals surface area contributed by atoms with Gasteiger partial charge in [-0.05, 0) is 42.9 Å². The van der Waals surface area contributed by atoms with E-state index in [1.807, 2.05) is 18.2 Å². The summed E-state index contributed by atoms with van der Waals surface area (Å²) in [7, 11) is 0. The Morgan fingerprint density at radius 2 is 1.72 bits per heavy atom. The van der Waals surface area contributed by atoms with E-state index in [0.717, 1.165) is 62.6 Å². The van der Waals surface area contributed by atoms with Crippen LogP contribution >= 0.6 is 11.6 Å². The molecule has 2 saturated heterocycles. The van der Waals surface area contributed by atoms with E-state index in [1.165, 1.54) is 4.90 Å². The number of benzene rings is 1. The molecule has 2 bridgehead atoms. The van der Waals surface area contributed by atoms with Gasteiger partial charge < -0.3 is 9.64 Å². The summed E-state index contributed by atoms with van der Waals surface area (Å²) in [6.45, 7) is 6.03. The maximum Gasteiger partial charge on any atom is 0.306 e. The molecule has 3 fully saturated rings. The van der Waals surface area contributed by atoms with Gasteiger partial charge >= 0.3 is 5.97 Å². The number of hydrogen-bond acceptors (Lipinski definition) is 6. The van der Waals surface area contributed by atoms with Gasteiger partial charge in [0.2, 0.25) is 11.8 Å². The number of nitrogens with zero attached hydrogens (tertiary/aromatic N) is 3. The molecular formula is C28H36ClN3O4. The van der Waals surface area contributed by atoms with E-state index < -0.39 is 6.10 Å². The van der Waals surface area contributed by atoms with E-state index in [9.17, 15) is 14.4 Å². The van der Waals surface area contributed by atoms with E-state index >= 15 is 0 Å². The second-order valence-electron chi connectivity index (χ2n) is 10.6. The van der Waals surface area contributed by atoms with Crippen molar-refractivity contribution in [2.24, 2.45) is 23.7 Å². The molecule has 0 N–H and O–H groups in total. The second-order valence-corrected chi connectivity index (χ2v) is 11.1. The number of carbonyl (C=O) groups is 3. The van der Waals surface area contributed by atoms with Gasteiger partial charge in [-0.25, -0.2) is 0 Å². The van der Waals surface area contributed by atoms with Crippen LogP contribution in [0.1, 0.15) is 39.0 Å². The first-order valence-corrected chi connectivity index (χ1v) is 13.8. The van der Waals surface area contributed by atoms with E-state index in [2.05, 4.69) is 34.9 Å². The molecule has 4 aliphatic rings. The van der Waals surface area contributed by atoms with Crippen LogP contribution in [0.2, 0.25) is 5.02 Å². The number of halogens is 1. The van der Waals surface area contributed by atoms with Crippen molar-refractivity contribution < 1.29 is 19.1 Å². The van der Waals surface area contributed by atoms with Gasteiger partial charge in [0.15, 0.2) is 0 Å². The minimum absolute atomic E-state index is 0.0837. The van der Waals surface area contributed by atoms with Gasteiger partial charge in [-0.3, -0.25) is 24.2 Å². The minimum atomic E-state index is -0.519. The quantitative estimate of drug-likeness (QED) is 0.205. The molecule has 1 saturated carbocycles. The molecule has 1 aromatic carbocycles. The molecule has 2 heterocycles. The van der Waals surface area contributed by atoms with Gasteiger partial charge in [0.1, 0.15) is 6.10 Å². The number of ether oxygens (including phenoxy) is 1. The predicted molar refractivity (Wildman–Crippen MR) is 139 cm³/mol. The molecule has 1 aromatic rings. The zero-order chi connectivity index (χ0) is 25.2. The number of carbonyl (C=O) groups excluding carboxylic acids is 3. The van der Waals surface area contributed by atoms with Crippen molar-refractivity contribution in [1.29, 1.82) is 0 Å². The molecule has 2 aliphatic carbocycles. The Hall–Kier alpha value is -2.38. The van der Waals surface area contributed by atoms with Gasteiger partial charge in [0.05, 0.1) is 18.4 Å². The number of likely N-dealkylation sites (tertiary alicyclic amines) is 1. The Labute approximate surface area is 218 Å². The number of rotatable bonds is 10. The van der Waals surface area contributed by atoms with Crippen molar-refractivity contribution in [3.63, 3.8) is 0 Å². The fourth-order valence-electron chi connectivity index (χ4n) is 6.39. The number of fused-ring (bicyclic) bond motifs is 5. The molecule has 0 radical (unpaired) electrons. The van der Waals surface area contributed by atoms with Crippen LogP contribution in [0.25, 0.3) is 0 Å². The van der Waals surface area contributed by atoms with Gasteiger partial charge in [-0.2, -0.15) is 0 Å². The standard InChI is InChI=1S/C28H36ClN3O4/c1-2-3-4-8-24(33)36-23(17-30-11-13-31(14-12-30)22-7-5-6-21(29)16-22)18-32-27(34)25-19-9-10-20(15-19)26(25)28(32)35/h5-7,9-10,16,19-20,23,25-26H,2-4,8,11-15,17-18H2,1H3/t19-,20?,23?,25-,26?/m0/s1. The largest absolute Gasteiger partial charge is 0.459 e. The monoisotopic (exact) mass is 513 g/mol. The molecule has 0 aromatic heterocycles. The number of imide groups is 1. The Kier molecular flexibility index (Phi) is 7.68. The highest BCUT2D eigenvalue weighted by Gasteiger charge is 2.59. The Morgan fingerprint density at radius 1 is 1.03 bits per heavy atom. The number of piperazine rings is 1. The molecular weight excluding hydrogens is 478 g/mol. The first-order valence-electron chi connectivity index (χ1n) is 13.4. The highest BCUT2D eigenvalue weighted by molar-refractivity contribution is 6.30. The first kappa shape index (κ1) is 25.3. The summed E-state index contributed by atoms with van der Waals surface area (Å²) in [5.74, 6) is -0.511. The number of hydrogen-bond donors (Lipinski definition) is 0. The van der Waals surface area contributed by atoms with Crippen LogP contribution in [0.15, 0.2) is 36.4 Å². The molecule has 0 spiro atoms. The lowest BCUT2D eigenvalue weighted by molar-refractivity contribution is -0.155. The van der Waals surface area contributed by atoms with Crippen LogP contribution in [0.5, 0.6) is 0 Å². The third-order valence-electron chi connectivity index (χ3n) is 8.24. The van der Waals surface area contributed by atoms with Crippen LogP contribution in [0, 0.1) is 23.7 Å². The van der Waals surface area contributed by atoms with E-state index in [0.29, 0.717) is 13.0 Å². The summed E-state index contributed by atoms with van der Waals surface area (Å²) in [5.41, 5.74) is 1.10. The molecule has 5 rings (SSSR count). The first-order chi connectivity index (χ1) is 17.4. The molecule has 2 amide bonds. The summed E-state index contributed by atoms with van der Waals surface area (Å²) in [4.78, 5) is 45.1. The number of amides is 2. The average Bonchev–Trinajstić information content (AvgIpc) is 3.55. The van der Waals surface area contributed by atoms with Crippen molar-refractivity contribution in [2.45, 2.75) is 45.1 Å².